The van der Waals surface area contributed by atoms with E-state index in [-0.39, 0.29) is 22.8 Å². The van der Waals surface area contributed by atoms with E-state index in [1.807, 2.05) is 19.1 Å². The number of aryl methyl sites for hydroxylation is 1. The summed E-state index contributed by atoms with van der Waals surface area (Å²) >= 11 is 7.06. The van der Waals surface area contributed by atoms with Crippen molar-refractivity contribution in [2.45, 2.75) is 13.0 Å². The minimum absolute atomic E-state index is 0.0924. The fourth-order valence-corrected chi connectivity index (χ4v) is 3.68. The molecule has 2 aromatic carbocycles. The monoisotopic (exact) mass is 419 g/mol. The van der Waals surface area contributed by atoms with Crippen LogP contribution in [0.3, 0.4) is 0 Å². The molecule has 0 bridgehead atoms. The van der Waals surface area contributed by atoms with E-state index in [9.17, 15) is 14.7 Å². The lowest BCUT2D eigenvalue weighted by atomic mass is 10.1. The maximum Gasteiger partial charge on any atom is 0.298 e. The van der Waals surface area contributed by atoms with E-state index in [1.54, 1.807) is 36.4 Å². The Kier molecular flexibility index (Phi) is 6.41. The average Bonchev–Trinajstić information content (AvgIpc) is 2.94. The summed E-state index contributed by atoms with van der Waals surface area (Å²) in [5.74, 6) is -0.0360. The van der Waals surface area contributed by atoms with Crippen LogP contribution in [0, 0.1) is 6.92 Å². The van der Waals surface area contributed by atoms with Gasteiger partial charge in [-0.05, 0) is 54.1 Å². The van der Waals surface area contributed by atoms with E-state index in [4.69, 9.17) is 21.4 Å². The molecule has 146 valence electrons. The Morgan fingerprint density at radius 2 is 2.00 bits per heavy atom. The maximum absolute atomic E-state index is 12.7. The van der Waals surface area contributed by atoms with Crippen LogP contribution in [0.4, 0.5) is 10.5 Å². The number of anilines is 1. The number of rotatable bonds is 6. The Bertz CT molecular complexity index is 946. The zero-order chi connectivity index (χ0) is 20.3. The third kappa shape index (κ3) is 4.39. The normalized spacial score (nSPS) is 16.7. The summed E-state index contributed by atoms with van der Waals surface area (Å²) in [6.07, 6.45) is 0.602. The summed E-state index contributed by atoms with van der Waals surface area (Å²) in [6.45, 7) is 1.34. The number of halogens is 1. The molecule has 1 saturated heterocycles. The molecule has 0 saturated carbocycles. The molecule has 6 nitrogen and oxygen atoms in total. The van der Waals surface area contributed by atoms with E-state index in [1.165, 1.54) is 4.90 Å². The first-order chi connectivity index (χ1) is 13.4. The van der Waals surface area contributed by atoms with Crippen LogP contribution in [0.15, 0.2) is 47.4 Å². The Hall–Kier alpha value is -2.32. The van der Waals surface area contributed by atoms with Gasteiger partial charge in [-0.25, -0.2) is 4.90 Å². The van der Waals surface area contributed by atoms with Crippen molar-refractivity contribution in [3.8, 4) is 5.75 Å². The van der Waals surface area contributed by atoms with Gasteiger partial charge < -0.3 is 14.9 Å². The average molecular weight is 420 g/mol. The number of hydrogen-bond donors (Lipinski definition) is 2. The van der Waals surface area contributed by atoms with Gasteiger partial charge in [0.2, 0.25) is 0 Å². The molecule has 2 N–H and O–H groups in total. The van der Waals surface area contributed by atoms with Gasteiger partial charge in [-0.1, -0.05) is 35.9 Å². The molecular weight excluding hydrogens is 402 g/mol. The van der Waals surface area contributed by atoms with Crippen molar-refractivity contribution in [3.05, 3.63) is 63.5 Å². The topological polar surface area (TPSA) is 87.1 Å². The number of ether oxygens (including phenoxy) is 1. The zero-order valence-electron chi connectivity index (χ0n) is 15.0. The second-order valence-corrected chi connectivity index (χ2v) is 7.54. The second kappa shape index (κ2) is 8.79. The van der Waals surface area contributed by atoms with Crippen LogP contribution in [-0.4, -0.2) is 40.7 Å². The van der Waals surface area contributed by atoms with Gasteiger partial charge in [-0.2, -0.15) is 0 Å². The highest BCUT2D eigenvalue weighted by Crippen LogP contribution is 2.37. The predicted molar refractivity (Wildman–Crippen MR) is 110 cm³/mol. The Morgan fingerprint density at radius 1 is 1.25 bits per heavy atom. The summed E-state index contributed by atoms with van der Waals surface area (Å²) in [5, 5.41) is 18.1. The molecule has 0 spiro atoms. The van der Waals surface area contributed by atoms with Crippen molar-refractivity contribution in [1.29, 1.82) is 0 Å². The third-order valence-electron chi connectivity index (χ3n) is 4.05. The molecule has 1 aliphatic heterocycles. The number of carbonyl (C=O) groups excluding carboxylic acids is 2. The SMILES string of the molecule is Cc1ccccc1N1C(=O)S/C(=C\c2ccc(OC[C@H](O)CO)c(Cl)c2)C1=O. The number of hydrogen-bond acceptors (Lipinski definition) is 6. The highest BCUT2D eigenvalue weighted by atomic mass is 35.5. The van der Waals surface area contributed by atoms with Crippen molar-refractivity contribution >= 4 is 46.3 Å². The number of carbonyl (C=O) groups is 2. The summed E-state index contributed by atoms with van der Waals surface area (Å²) in [6, 6.07) is 12.1. The van der Waals surface area contributed by atoms with Crippen LogP contribution in [0.2, 0.25) is 5.02 Å². The number of amides is 2. The molecule has 2 aromatic rings. The number of nitrogens with zero attached hydrogens (tertiary/aromatic N) is 1. The smallest absolute Gasteiger partial charge is 0.298 e. The molecular formula is C20H18ClNO5S. The summed E-state index contributed by atoms with van der Waals surface area (Å²) < 4.78 is 5.34. The summed E-state index contributed by atoms with van der Waals surface area (Å²) in [4.78, 5) is 26.6. The molecule has 0 aliphatic carbocycles. The molecule has 8 heteroatoms. The first-order valence-electron chi connectivity index (χ1n) is 8.45. The lowest BCUT2D eigenvalue weighted by molar-refractivity contribution is -0.113. The molecule has 1 aliphatic rings. The molecule has 1 heterocycles. The lowest BCUT2D eigenvalue weighted by Crippen LogP contribution is -2.28. The number of para-hydroxylation sites is 1. The number of aliphatic hydroxyl groups excluding tert-OH is 2. The van der Waals surface area contributed by atoms with E-state index in [0.29, 0.717) is 21.9 Å². The Labute approximate surface area is 171 Å². The zero-order valence-corrected chi connectivity index (χ0v) is 16.5. The molecule has 3 rings (SSSR count). The van der Waals surface area contributed by atoms with E-state index in [0.717, 1.165) is 17.3 Å². The van der Waals surface area contributed by atoms with Crippen molar-refractivity contribution in [2.24, 2.45) is 0 Å². The minimum Gasteiger partial charge on any atom is -0.489 e. The van der Waals surface area contributed by atoms with Gasteiger partial charge in [0.05, 0.1) is 22.2 Å². The van der Waals surface area contributed by atoms with Crippen molar-refractivity contribution in [3.63, 3.8) is 0 Å². The quantitative estimate of drug-likeness (QED) is 0.695. The largest absolute Gasteiger partial charge is 0.489 e. The summed E-state index contributed by atoms with van der Waals surface area (Å²) in [5.41, 5.74) is 2.04. The van der Waals surface area contributed by atoms with E-state index < -0.39 is 12.7 Å². The van der Waals surface area contributed by atoms with Crippen molar-refractivity contribution < 1.29 is 24.5 Å². The first kappa shape index (κ1) is 20.4. The van der Waals surface area contributed by atoms with Crippen LogP contribution in [0.1, 0.15) is 11.1 Å². The van der Waals surface area contributed by atoms with Crippen molar-refractivity contribution in [1.82, 2.24) is 0 Å². The van der Waals surface area contributed by atoms with Crippen LogP contribution in [0.5, 0.6) is 5.75 Å². The van der Waals surface area contributed by atoms with Crippen molar-refractivity contribution in [2.75, 3.05) is 18.1 Å². The first-order valence-corrected chi connectivity index (χ1v) is 9.65. The fraction of sp³-hybridized carbons (Fsp3) is 0.200. The molecule has 0 unspecified atom stereocenters. The number of benzene rings is 2. The van der Waals surface area contributed by atoms with Gasteiger partial charge in [-0.15, -0.1) is 0 Å². The Balaban J connectivity index is 1.80. The molecule has 0 aromatic heterocycles. The molecule has 28 heavy (non-hydrogen) atoms. The standard InChI is InChI=1S/C20H18ClNO5S/c1-12-4-2-3-5-16(12)22-19(25)18(28-20(22)26)9-13-6-7-17(15(21)8-13)27-11-14(24)10-23/h2-9,14,23-24H,10-11H2,1H3/b18-9-/t14-/m1/s1. The number of thioether (sulfide) groups is 1. The van der Waals surface area contributed by atoms with Crippen LogP contribution in [-0.2, 0) is 4.79 Å². The number of imide groups is 1. The minimum atomic E-state index is -0.996. The lowest BCUT2D eigenvalue weighted by Gasteiger charge is -2.14. The number of aliphatic hydroxyl groups is 2. The van der Waals surface area contributed by atoms with E-state index in [2.05, 4.69) is 0 Å². The molecule has 1 atom stereocenters. The third-order valence-corrected chi connectivity index (χ3v) is 5.21. The van der Waals surface area contributed by atoms with Gasteiger partial charge >= 0.3 is 0 Å². The summed E-state index contributed by atoms with van der Waals surface area (Å²) in [7, 11) is 0. The maximum atomic E-state index is 12.7. The highest BCUT2D eigenvalue weighted by Gasteiger charge is 2.36. The van der Waals surface area contributed by atoms with Gasteiger partial charge in [-0.3, -0.25) is 9.59 Å². The highest BCUT2D eigenvalue weighted by molar-refractivity contribution is 8.19. The molecule has 0 radical (unpaired) electrons. The molecule has 1 fully saturated rings. The van der Waals surface area contributed by atoms with E-state index >= 15 is 0 Å². The van der Waals surface area contributed by atoms with Gasteiger partial charge in [0.1, 0.15) is 18.5 Å². The Morgan fingerprint density at radius 3 is 2.68 bits per heavy atom. The van der Waals surface area contributed by atoms with Gasteiger partial charge in [0.25, 0.3) is 11.1 Å². The van der Waals surface area contributed by atoms with Crippen LogP contribution < -0.4 is 9.64 Å². The predicted octanol–water partition coefficient (Wildman–Crippen LogP) is 3.62. The van der Waals surface area contributed by atoms with Gasteiger partial charge in [0.15, 0.2) is 0 Å². The van der Waals surface area contributed by atoms with Crippen LogP contribution in [0.25, 0.3) is 6.08 Å². The molecule has 2 amide bonds. The van der Waals surface area contributed by atoms with Gasteiger partial charge in [0, 0.05) is 0 Å². The fourth-order valence-electron chi connectivity index (χ4n) is 2.60. The second-order valence-electron chi connectivity index (χ2n) is 6.14. The van der Waals surface area contributed by atoms with Crippen LogP contribution >= 0.6 is 23.4 Å².